The van der Waals surface area contributed by atoms with Gasteiger partial charge in [-0.3, -0.25) is 0 Å². The van der Waals surface area contributed by atoms with E-state index < -0.39 is 0 Å². The van der Waals surface area contributed by atoms with E-state index in [-0.39, 0.29) is 0 Å². The summed E-state index contributed by atoms with van der Waals surface area (Å²) in [5, 5.41) is 11.5. The van der Waals surface area contributed by atoms with E-state index >= 15 is 0 Å². The van der Waals surface area contributed by atoms with Crippen molar-refractivity contribution in [1.29, 1.82) is 0 Å². The normalized spacial score (nSPS) is 11.3. The molecule has 1 N–H and O–H groups in total. The predicted octanol–water partition coefficient (Wildman–Crippen LogP) is 2.43. The summed E-state index contributed by atoms with van der Waals surface area (Å²) in [7, 11) is 0. The topological polar surface area (TPSA) is 55.9 Å². The zero-order chi connectivity index (χ0) is 13.0. The fourth-order valence-electron chi connectivity index (χ4n) is 1.58. The molecule has 6 heteroatoms. The molecule has 5 nitrogen and oxygen atoms in total. The van der Waals surface area contributed by atoms with Crippen molar-refractivity contribution in [2.45, 2.75) is 26.9 Å². The molecule has 0 amide bonds. The molecule has 0 spiro atoms. The Balaban J connectivity index is 1.86. The summed E-state index contributed by atoms with van der Waals surface area (Å²) in [6.45, 7) is 6.69. The van der Waals surface area contributed by atoms with Gasteiger partial charge < -0.3 is 9.73 Å². The van der Waals surface area contributed by atoms with Gasteiger partial charge in [0.2, 0.25) is 0 Å². The monoisotopic (exact) mass is 312 g/mol. The van der Waals surface area contributed by atoms with Crippen molar-refractivity contribution < 1.29 is 4.42 Å². The quantitative estimate of drug-likeness (QED) is 0.890. The summed E-state index contributed by atoms with van der Waals surface area (Å²) in [4.78, 5) is 0. The van der Waals surface area contributed by atoms with Gasteiger partial charge in [0.05, 0.1) is 11.9 Å². The number of aromatic nitrogens is 3. The number of hydrogen-bond donors (Lipinski definition) is 1. The van der Waals surface area contributed by atoms with Crippen LogP contribution in [0.15, 0.2) is 27.4 Å². The van der Waals surface area contributed by atoms with E-state index in [1.807, 2.05) is 18.3 Å². The van der Waals surface area contributed by atoms with E-state index in [1.54, 1.807) is 4.68 Å². The van der Waals surface area contributed by atoms with Crippen LogP contribution in [0, 0.1) is 5.92 Å². The molecule has 0 saturated heterocycles. The molecule has 0 unspecified atom stereocenters. The molecule has 2 aromatic rings. The lowest BCUT2D eigenvalue weighted by Crippen LogP contribution is -2.19. The third-order valence-corrected chi connectivity index (χ3v) is 2.82. The standard InChI is InChI=1S/C12H17BrN4O/c1-9(2)5-14-6-10-7-17(16-15-10)8-11-3-4-12(13)18-11/h3-4,7,9,14H,5-6,8H2,1-2H3. The van der Waals surface area contributed by atoms with Crippen molar-refractivity contribution in [2.24, 2.45) is 5.92 Å². The first-order valence-electron chi connectivity index (χ1n) is 5.97. The second-order valence-corrected chi connectivity index (χ2v) is 5.42. The van der Waals surface area contributed by atoms with Crippen molar-refractivity contribution in [2.75, 3.05) is 6.54 Å². The molecule has 0 radical (unpaired) electrons. The average Bonchev–Trinajstić information content (AvgIpc) is 2.89. The lowest BCUT2D eigenvalue weighted by molar-refractivity contribution is 0.459. The van der Waals surface area contributed by atoms with Crippen LogP contribution >= 0.6 is 15.9 Å². The van der Waals surface area contributed by atoms with Crippen LogP contribution in [-0.2, 0) is 13.1 Å². The van der Waals surface area contributed by atoms with Crippen LogP contribution < -0.4 is 5.32 Å². The summed E-state index contributed by atoms with van der Waals surface area (Å²) in [5.74, 6) is 1.49. The third kappa shape index (κ3) is 3.96. The maximum atomic E-state index is 5.42. The SMILES string of the molecule is CC(C)CNCc1cn(Cc2ccc(Br)o2)nn1. The molecule has 2 rings (SSSR count). The maximum absolute atomic E-state index is 5.42. The number of furan rings is 1. The number of halogens is 1. The first-order valence-corrected chi connectivity index (χ1v) is 6.76. The Morgan fingerprint density at radius 2 is 2.28 bits per heavy atom. The number of nitrogens with one attached hydrogen (secondary N) is 1. The van der Waals surface area contributed by atoms with Crippen molar-refractivity contribution in [3.05, 3.63) is 34.5 Å². The molecule has 18 heavy (non-hydrogen) atoms. The highest BCUT2D eigenvalue weighted by Gasteiger charge is 2.04. The molecule has 0 aliphatic rings. The predicted molar refractivity (Wildman–Crippen MR) is 72.1 cm³/mol. The summed E-state index contributed by atoms with van der Waals surface area (Å²) < 4.78 is 7.93. The summed E-state index contributed by atoms with van der Waals surface area (Å²) in [5.41, 5.74) is 0.946. The van der Waals surface area contributed by atoms with Gasteiger partial charge in [-0.1, -0.05) is 19.1 Å². The summed E-state index contributed by atoms with van der Waals surface area (Å²) in [6.07, 6.45) is 1.93. The van der Waals surface area contributed by atoms with Crippen LogP contribution in [-0.4, -0.2) is 21.5 Å². The molecule has 0 aliphatic carbocycles. The van der Waals surface area contributed by atoms with Crippen molar-refractivity contribution in [1.82, 2.24) is 20.3 Å². The van der Waals surface area contributed by atoms with Gasteiger partial charge in [0.1, 0.15) is 12.3 Å². The van der Waals surface area contributed by atoms with E-state index in [1.165, 1.54) is 0 Å². The van der Waals surface area contributed by atoms with Gasteiger partial charge in [0, 0.05) is 6.54 Å². The Morgan fingerprint density at radius 1 is 1.44 bits per heavy atom. The minimum absolute atomic E-state index is 0.600. The van der Waals surface area contributed by atoms with E-state index in [2.05, 4.69) is 45.4 Å². The first kappa shape index (κ1) is 13.3. The van der Waals surface area contributed by atoms with Gasteiger partial charge in [0.25, 0.3) is 0 Å². The van der Waals surface area contributed by atoms with Crippen molar-refractivity contribution in [3.63, 3.8) is 0 Å². The van der Waals surface area contributed by atoms with Crippen molar-refractivity contribution >= 4 is 15.9 Å². The lowest BCUT2D eigenvalue weighted by Gasteiger charge is -2.04. The van der Waals surface area contributed by atoms with Gasteiger partial charge in [-0.15, -0.1) is 5.10 Å². The molecule has 2 heterocycles. The number of nitrogens with zero attached hydrogens (tertiary/aromatic N) is 3. The highest BCUT2D eigenvalue weighted by molar-refractivity contribution is 9.10. The number of hydrogen-bond acceptors (Lipinski definition) is 4. The van der Waals surface area contributed by atoms with Crippen LogP contribution in [0.1, 0.15) is 25.3 Å². The summed E-state index contributed by atoms with van der Waals surface area (Å²) in [6, 6.07) is 3.79. The molecule has 0 bridgehead atoms. The smallest absolute Gasteiger partial charge is 0.169 e. The van der Waals surface area contributed by atoms with Gasteiger partial charge in [-0.2, -0.15) is 0 Å². The van der Waals surface area contributed by atoms with Gasteiger partial charge >= 0.3 is 0 Å². The van der Waals surface area contributed by atoms with E-state index in [0.29, 0.717) is 12.5 Å². The number of rotatable bonds is 6. The van der Waals surface area contributed by atoms with E-state index in [9.17, 15) is 0 Å². The fourth-order valence-corrected chi connectivity index (χ4v) is 1.92. The van der Waals surface area contributed by atoms with Gasteiger partial charge in [-0.05, 0) is 40.5 Å². The zero-order valence-corrected chi connectivity index (χ0v) is 12.1. The Kier molecular flexibility index (Phi) is 4.54. The third-order valence-electron chi connectivity index (χ3n) is 2.39. The second kappa shape index (κ2) is 6.15. The van der Waals surface area contributed by atoms with Gasteiger partial charge in [0.15, 0.2) is 4.67 Å². The minimum Gasteiger partial charge on any atom is -0.452 e. The average molecular weight is 313 g/mol. The first-order chi connectivity index (χ1) is 8.63. The van der Waals surface area contributed by atoms with Crippen LogP contribution in [0.2, 0.25) is 0 Å². The Hall–Kier alpha value is -1.14. The fraction of sp³-hybridized carbons (Fsp3) is 0.500. The van der Waals surface area contributed by atoms with Crippen LogP contribution in [0.5, 0.6) is 0 Å². The van der Waals surface area contributed by atoms with E-state index in [0.717, 1.165) is 29.2 Å². The molecule has 98 valence electrons. The van der Waals surface area contributed by atoms with Crippen LogP contribution in [0.25, 0.3) is 0 Å². The van der Waals surface area contributed by atoms with Crippen molar-refractivity contribution in [3.8, 4) is 0 Å². The maximum Gasteiger partial charge on any atom is 0.169 e. The minimum atomic E-state index is 0.600. The molecular weight excluding hydrogens is 296 g/mol. The van der Waals surface area contributed by atoms with Crippen LogP contribution in [0.3, 0.4) is 0 Å². The van der Waals surface area contributed by atoms with Gasteiger partial charge in [-0.25, -0.2) is 4.68 Å². The Labute approximate surface area is 115 Å². The Bertz CT molecular complexity index is 492. The molecule has 0 fully saturated rings. The summed E-state index contributed by atoms with van der Waals surface area (Å²) >= 11 is 3.28. The van der Waals surface area contributed by atoms with E-state index in [4.69, 9.17) is 4.42 Å². The molecular formula is C12H17BrN4O. The molecule has 0 aromatic carbocycles. The molecule has 0 aliphatic heterocycles. The Morgan fingerprint density at radius 3 is 2.94 bits per heavy atom. The molecule has 0 atom stereocenters. The highest BCUT2D eigenvalue weighted by Crippen LogP contribution is 2.14. The largest absolute Gasteiger partial charge is 0.452 e. The lowest BCUT2D eigenvalue weighted by atomic mass is 10.2. The molecule has 0 saturated carbocycles. The second-order valence-electron chi connectivity index (χ2n) is 4.64. The highest BCUT2D eigenvalue weighted by atomic mass is 79.9. The zero-order valence-electron chi connectivity index (χ0n) is 10.6. The molecule has 2 aromatic heterocycles. The van der Waals surface area contributed by atoms with Crippen LogP contribution in [0.4, 0.5) is 0 Å².